The highest BCUT2D eigenvalue weighted by atomic mass is 32.2. The van der Waals surface area contributed by atoms with Crippen LogP contribution in [0.1, 0.15) is 48.5 Å². The van der Waals surface area contributed by atoms with Crippen molar-refractivity contribution in [1.29, 1.82) is 0 Å². The Hall–Kier alpha value is -1.16. The van der Waals surface area contributed by atoms with Crippen molar-refractivity contribution in [3.8, 4) is 0 Å². The van der Waals surface area contributed by atoms with Gasteiger partial charge in [-0.3, -0.25) is 4.79 Å². The van der Waals surface area contributed by atoms with Crippen LogP contribution in [0.3, 0.4) is 0 Å². The van der Waals surface area contributed by atoms with Crippen LogP contribution in [-0.2, 0) is 0 Å². The molecule has 0 aromatic heterocycles. The average Bonchev–Trinajstić information content (AvgIpc) is 2.51. The van der Waals surface area contributed by atoms with Crippen LogP contribution in [0.25, 0.3) is 0 Å². The van der Waals surface area contributed by atoms with Crippen molar-refractivity contribution in [2.75, 3.05) is 24.2 Å². The van der Waals surface area contributed by atoms with Crippen molar-refractivity contribution in [2.45, 2.75) is 44.8 Å². The molecular formula is C17H26N2OS. The molecule has 4 heteroatoms. The Labute approximate surface area is 132 Å². The highest BCUT2D eigenvalue weighted by Crippen LogP contribution is 2.24. The number of aryl methyl sites for hydroxylation is 1. The minimum absolute atomic E-state index is 0.0562. The van der Waals surface area contributed by atoms with Crippen LogP contribution in [-0.4, -0.2) is 30.0 Å². The molecule has 0 aliphatic carbocycles. The van der Waals surface area contributed by atoms with Crippen molar-refractivity contribution in [3.63, 3.8) is 0 Å². The molecule has 0 saturated carbocycles. The second-order valence-corrected chi connectivity index (χ2v) is 7.06. The molecule has 1 aromatic rings. The fourth-order valence-corrected chi connectivity index (χ4v) is 3.81. The summed E-state index contributed by atoms with van der Waals surface area (Å²) in [5.41, 5.74) is 2.91. The minimum Gasteiger partial charge on any atom is -0.385 e. The molecule has 2 rings (SSSR count). The molecule has 1 aliphatic rings. The van der Waals surface area contributed by atoms with Crippen molar-refractivity contribution in [1.82, 2.24) is 5.32 Å². The molecule has 1 fully saturated rings. The first-order valence-corrected chi connectivity index (χ1v) is 9.00. The summed E-state index contributed by atoms with van der Waals surface area (Å²) in [6.07, 6.45) is 4.94. The summed E-state index contributed by atoms with van der Waals surface area (Å²) in [4.78, 5) is 12.3. The van der Waals surface area contributed by atoms with Crippen LogP contribution in [0.2, 0.25) is 0 Å². The Balaban J connectivity index is 1.89. The molecule has 1 heterocycles. The number of hydrogen-bond acceptors (Lipinski definition) is 3. The van der Waals surface area contributed by atoms with Crippen molar-refractivity contribution >= 4 is 23.4 Å². The molecule has 1 saturated heterocycles. The number of thioether (sulfide) groups is 1. The van der Waals surface area contributed by atoms with E-state index < -0.39 is 0 Å². The fourth-order valence-electron chi connectivity index (χ4n) is 2.57. The van der Waals surface area contributed by atoms with E-state index in [2.05, 4.69) is 23.6 Å². The van der Waals surface area contributed by atoms with E-state index in [1.165, 1.54) is 25.0 Å². The highest BCUT2D eigenvalue weighted by molar-refractivity contribution is 7.99. The topological polar surface area (TPSA) is 41.1 Å². The van der Waals surface area contributed by atoms with E-state index in [-0.39, 0.29) is 5.91 Å². The summed E-state index contributed by atoms with van der Waals surface area (Å²) in [7, 11) is 0. The van der Waals surface area contributed by atoms with Crippen LogP contribution < -0.4 is 10.6 Å². The predicted molar refractivity (Wildman–Crippen MR) is 92.4 cm³/mol. The van der Waals surface area contributed by atoms with Crippen molar-refractivity contribution < 1.29 is 4.79 Å². The molecule has 1 aliphatic heterocycles. The SMILES string of the molecule is CCCNc1ccc(C(=O)NCC2CCCCS2)c(C)c1. The van der Waals surface area contributed by atoms with E-state index in [9.17, 15) is 4.79 Å². The maximum Gasteiger partial charge on any atom is 0.251 e. The van der Waals surface area contributed by atoms with Gasteiger partial charge in [0.1, 0.15) is 0 Å². The zero-order valence-corrected chi connectivity index (χ0v) is 13.9. The minimum atomic E-state index is 0.0562. The molecule has 0 radical (unpaired) electrons. The lowest BCUT2D eigenvalue weighted by molar-refractivity contribution is 0.0953. The number of nitrogens with one attached hydrogen (secondary N) is 2. The third-order valence-corrected chi connectivity index (χ3v) is 5.21. The summed E-state index contributed by atoms with van der Waals surface area (Å²) >= 11 is 1.99. The zero-order valence-electron chi connectivity index (χ0n) is 13.1. The third kappa shape index (κ3) is 4.95. The van der Waals surface area contributed by atoms with Gasteiger partial charge in [-0.2, -0.15) is 11.8 Å². The summed E-state index contributed by atoms with van der Waals surface area (Å²) in [5.74, 6) is 1.29. The Morgan fingerprint density at radius 3 is 2.90 bits per heavy atom. The Morgan fingerprint density at radius 1 is 1.38 bits per heavy atom. The van der Waals surface area contributed by atoms with Gasteiger partial charge in [0.2, 0.25) is 0 Å². The van der Waals surface area contributed by atoms with E-state index in [0.717, 1.165) is 36.3 Å². The molecule has 3 nitrogen and oxygen atoms in total. The quantitative estimate of drug-likeness (QED) is 0.839. The maximum atomic E-state index is 12.3. The van der Waals surface area contributed by atoms with Gasteiger partial charge in [0.05, 0.1) is 0 Å². The lowest BCUT2D eigenvalue weighted by atomic mass is 10.1. The number of anilines is 1. The van der Waals surface area contributed by atoms with Crippen molar-refractivity contribution in [2.24, 2.45) is 0 Å². The van der Waals surface area contributed by atoms with Gasteiger partial charge in [-0.25, -0.2) is 0 Å². The normalized spacial score (nSPS) is 18.3. The van der Waals surface area contributed by atoms with Crippen LogP contribution >= 0.6 is 11.8 Å². The third-order valence-electron chi connectivity index (χ3n) is 3.81. The number of rotatable bonds is 6. The molecule has 1 aromatic carbocycles. The van der Waals surface area contributed by atoms with Gasteiger partial charge in [0.25, 0.3) is 5.91 Å². The highest BCUT2D eigenvalue weighted by Gasteiger charge is 2.16. The van der Waals surface area contributed by atoms with Crippen molar-refractivity contribution in [3.05, 3.63) is 29.3 Å². The Kier molecular flexibility index (Phi) is 6.43. The number of amides is 1. The monoisotopic (exact) mass is 306 g/mol. The Morgan fingerprint density at radius 2 is 2.24 bits per heavy atom. The van der Waals surface area contributed by atoms with Crippen LogP contribution in [0.5, 0.6) is 0 Å². The number of hydrogen-bond donors (Lipinski definition) is 2. The second kappa shape index (κ2) is 8.32. The largest absolute Gasteiger partial charge is 0.385 e. The predicted octanol–water partition coefficient (Wildman–Crippen LogP) is 3.83. The number of carbonyl (C=O) groups excluding carboxylic acids is 1. The fraction of sp³-hybridized carbons (Fsp3) is 0.588. The summed E-state index contributed by atoms with van der Waals surface area (Å²) in [5, 5.41) is 7.03. The van der Waals surface area contributed by atoms with Crippen LogP contribution in [0.4, 0.5) is 5.69 Å². The van der Waals surface area contributed by atoms with Gasteiger partial charge in [0, 0.05) is 29.6 Å². The van der Waals surface area contributed by atoms with Gasteiger partial charge in [-0.15, -0.1) is 0 Å². The first-order chi connectivity index (χ1) is 10.2. The lowest BCUT2D eigenvalue weighted by Gasteiger charge is -2.21. The maximum absolute atomic E-state index is 12.3. The van der Waals surface area contributed by atoms with E-state index >= 15 is 0 Å². The molecule has 0 bridgehead atoms. The number of benzene rings is 1. The summed E-state index contributed by atoms with van der Waals surface area (Å²) in [6, 6.07) is 5.98. The number of carbonyl (C=O) groups is 1. The van der Waals surface area contributed by atoms with Gasteiger partial charge in [0.15, 0.2) is 0 Å². The van der Waals surface area contributed by atoms with Gasteiger partial charge < -0.3 is 10.6 Å². The lowest BCUT2D eigenvalue weighted by Crippen LogP contribution is -2.32. The second-order valence-electron chi connectivity index (χ2n) is 5.66. The molecule has 1 atom stereocenters. The first kappa shape index (κ1) is 16.2. The molecule has 1 amide bonds. The summed E-state index contributed by atoms with van der Waals surface area (Å²) < 4.78 is 0. The van der Waals surface area contributed by atoms with E-state index in [1.54, 1.807) is 0 Å². The van der Waals surface area contributed by atoms with Gasteiger partial charge >= 0.3 is 0 Å². The van der Waals surface area contributed by atoms with Crippen LogP contribution in [0.15, 0.2) is 18.2 Å². The van der Waals surface area contributed by atoms with E-state index in [4.69, 9.17) is 0 Å². The Bertz CT molecular complexity index is 470. The molecule has 21 heavy (non-hydrogen) atoms. The standard InChI is InChI=1S/C17H26N2OS/c1-3-9-18-14-7-8-16(13(2)11-14)17(20)19-12-15-6-4-5-10-21-15/h7-8,11,15,18H,3-6,9-10,12H2,1-2H3,(H,19,20). The first-order valence-electron chi connectivity index (χ1n) is 7.95. The van der Waals surface area contributed by atoms with Gasteiger partial charge in [-0.1, -0.05) is 13.3 Å². The van der Waals surface area contributed by atoms with E-state index in [0.29, 0.717) is 5.25 Å². The molecule has 2 N–H and O–H groups in total. The molecular weight excluding hydrogens is 280 g/mol. The summed E-state index contributed by atoms with van der Waals surface area (Å²) in [6.45, 7) is 5.90. The van der Waals surface area contributed by atoms with Crippen LogP contribution in [0, 0.1) is 6.92 Å². The molecule has 116 valence electrons. The molecule has 1 unspecified atom stereocenters. The van der Waals surface area contributed by atoms with E-state index in [1.807, 2.05) is 30.8 Å². The molecule has 0 spiro atoms. The van der Waals surface area contributed by atoms with Gasteiger partial charge in [-0.05, 0) is 55.7 Å². The zero-order chi connectivity index (χ0) is 15.1. The smallest absolute Gasteiger partial charge is 0.251 e. The average molecular weight is 306 g/mol.